The first kappa shape index (κ1) is 18.6. The minimum absolute atomic E-state index is 0. The van der Waals surface area contributed by atoms with Crippen molar-refractivity contribution in [2.75, 3.05) is 26.2 Å². The smallest absolute Gasteiger partial charge is 0.387 e. The largest absolute Gasteiger partial charge is 0.435 e. The van der Waals surface area contributed by atoms with Crippen LogP contribution >= 0.6 is 12.4 Å². The highest BCUT2D eigenvalue weighted by atomic mass is 35.5. The molecule has 1 N–H and O–H groups in total. The van der Waals surface area contributed by atoms with Crippen LogP contribution in [0.15, 0.2) is 24.3 Å². The molecular formula is C15H21ClF2N2O2. The monoisotopic (exact) mass is 334 g/mol. The number of amides is 1. The molecule has 1 fully saturated rings. The third kappa shape index (κ3) is 6.15. The summed E-state index contributed by atoms with van der Waals surface area (Å²) in [7, 11) is 0. The molecule has 1 aliphatic heterocycles. The zero-order valence-electron chi connectivity index (χ0n) is 12.3. The average Bonchev–Trinajstić information content (AvgIpc) is 2.75. The Morgan fingerprint density at radius 3 is 2.64 bits per heavy atom. The van der Waals surface area contributed by atoms with Crippen molar-refractivity contribution in [2.45, 2.75) is 25.9 Å². The number of benzene rings is 1. The maximum absolute atomic E-state index is 12.1. The molecule has 0 saturated carbocycles. The van der Waals surface area contributed by atoms with Crippen LogP contribution in [0.1, 0.15) is 18.4 Å². The summed E-state index contributed by atoms with van der Waals surface area (Å²) in [4.78, 5) is 14.0. The quantitative estimate of drug-likeness (QED) is 0.899. The van der Waals surface area contributed by atoms with Crippen molar-refractivity contribution in [1.82, 2.24) is 10.2 Å². The highest BCUT2D eigenvalue weighted by Crippen LogP contribution is 2.16. The predicted octanol–water partition coefficient (Wildman–Crippen LogP) is 2.46. The van der Waals surface area contributed by atoms with Gasteiger partial charge in [-0.3, -0.25) is 4.79 Å². The Balaban J connectivity index is 0.00000242. The topological polar surface area (TPSA) is 41.6 Å². The molecule has 22 heavy (non-hydrogen) atoms. The van der Waals surface area contributed by atoms with E-state index in [2.05, 4.69) is 10.1 Å². The van der Waals surface area contributed by atoms with Gasteiger partial charge in [0.1, 0.15) is 5.75 Å². The van der Waals surface area contributed by atoms with Gasteiger partial charge in [0.25, 0.3) is 0 Å². The predicted molar refractivity (Wildman–Crippen MR) is 82.7 cm³/mol. The van der Waals surface area contributed by atoms with E-state index in [0.29, 0.717) is 12.8 Å². The lowest BCUT2D eigenvalue weighted by molar-refractivity contribution is -0.130. The maximum Gasteiger partial charge on any atom is 0.387 e. The van der Waals surface area contributed by atoms with Crippen LogP contribution < -0.4 is 10.1 Å². The third-order valence-corrected chi connectivity index (χ3v) is 3.47. The Labute approximate surface area is 135 Å². The summed E-state index contributed by atoms with van der Waals surface area (Å²) in [6.07, 6.45) is 2.03. The lowest BCUT2D eigenvalue weighted by Crippen LogP contribution is -2.34. The average molecular weight is 335 g/mol. The van der Waals surface area contributed by atoms with Crippen LogP contribution in [0.3, 0.4) is 0 Å². The van der Waals surface area contributed by atoms with Crippen LogP contribution in [-0.4, -0.2) is 43.6 Å². The van der Waals surface area contributed by atoms with E-state index in [4.69, 9.17) is 0 Å². The van der Waals surface area contributed by atoms with Gasteiger partial charge in [-0.05, 0) is 37.1 Å². The van der Waals surface area contributed by atoms with Crippen molar-refractivity contribution in [1.29, 1.82) is 0 Å². The van der Waals surface area contributed by atoms with Gasteiger partial charge in [-0.2, -0.15) is 8.78 Å². The molecule has 4 nitrogen and oxygen atoms in total. The zero-order chi connectivity index (χ0) is 15.1. The van der Waals surface area contributed by atoms with Crippen molar-refractivity contribution < 1.29 is 18.3 Å². The van der Waals surface area contributed by atoms with E-state index >= 15 is 0 Å². The lowest BCUT2D eigenvalue weighted by atomic mass is 10.1. The van der Waals surface area contributed by atoms with Crippen LogP contribution in [0.5, 0.6) is 5.75 Å². The summed E-state index contributed by atoms with van der Waals surface area (Å²) in [5, 5.41) is 3.26. The van der Waals surface area contributed by atoms with Gasteiger partial charge in [0.05, 0.1) is 0 Å². The Bertz CT molecular complexity index is 449. The number of aryl methyl sites for hydroxylation is 1. The fourth-order valence-electron chi connectivity index (χ4n) is 2.34. The molecule has 1 aromatic carbocycles. The summed E-state index contributed by atoms with van der Waals surface area (Å²) in [5.41, 5.74) is 0.943. The Kier molecular flexibility index (Phi) is 8.12. The van der Waals surface area contributed by atoms with Gasteiger partial charge in [0.15, 0.2) is 0 Å². The molecule has 1 amide bonds. The molecule has 0 bridgehead atoms. The fraction of sp³-hybridized carbons (Fsp3) is 0.533. The van der Waals surface area contributed by atoms with Gasteiger partial charge >= 0.3 is 6.61 Å². The molecule has 0 atom stereocenters. The van der Waals surface area contributed by atoms with E-state index in [-0.39, 0.29) is 24.1 Å². The number of ether oxygens (including phenoxy) is 1. The van der Waals surface area contributed by atoms with Crippen LogP contribution in [0.25, 0.3) is 0 Å². The van der Waals surface area contributed by atoms with Crippen molar-refractivity contribution in [3.63, 3.8) is 0 Å². The van der Waals surface area contributed by atoms with E-state index in [1.165, 1.54) is 12.1 Å². The van der Waals surface area contributed by atoms with E-state index in [1.807, 2.05) is 4.90 Å². The highest BCUT2D eigenvalue weighted by molar-refractivity contribution is 5.85. The molecule has 0 aromatic heterocycles. The van der Waals surface area contributed by atoms with E-state index in [1.54, 1.807) is 12.1 Å². The molecule has 0 aliphatic carbocycles. The first-order valence-corrected chi connectivity index (χ1v) is 7.17. The molecule has 1 heterocycles. The number of alkyl halides is 2. The third-order valence-electron chi connectivity index (χ3n) is 3.47. The maximum atomic E-state index is 12.1. The SMILES string of the molecule is Cl.O=C(CCc1ccc(OC(F)F)cc1)N1CCCNCC1. The molecule has 124 valence electrons. The molecule has 0 spiro atoms. The fourth-order valence-corrected chi connectivity index (χ4v) is 2.34. The molecule has 0 unspecified atom stereocenters. The molecule has 1 aromatic rings. The summed E-state index contributed by atoms with van der Waals surface area (Å²) in [5.74, 6) is 0.283. The van der Waals surface area contributed by atoms with E-state index < -0.39 is 6.61 Å². The molecule has 1 saturated heterocycles. The second-order valence-electron chi connectivity index (χ2n) is 5.01. The zero-order valence-corrected chi connectivity index (χ0v) is 13.1. The number of hydrogen-bond acceptors (Lipinski definition) is 3. The van der Waals surface area contributed by atoms with Gasteiger partial charge in [-0.15, -0.1) is 12.4 Å². The summed E-state index contributed by atoms with van der Waals surface area (Å²) in [6.45, 7) is 0.530. The van der Waals surface area contributed by atoms with Crippen LogP contribution in [0, 0.1) is 0 Å². The van der Waals surface area contributed by atoms with E-state index in [0.717, 1.165) is 38.2 Å². The standard InChI is InChI=1S/C15H20F2N2O2.ClH/c16-15(17)21-13-5-2-12(3-6-13)4-7-14(20)19-10-1-8-18-9-11-19;/h2-3,5-6,15,18H,1,4,7-11H2;1H. The van der Waals surface area contributed by atoms with Crippen LogP contribution in [-0.2, 0) is 11.2 Å². The minimum atomic E-state index is -2.81. The number of nitrogens with one attached hydrogen (secondary N) is 1. The summed E-state index contributed by atoms with van der Waals surface area (Å²) >= 11 is 0. The first-order chi connectivity index (χ1) is 10.1. The number of carbonyl (C=O) groups excluding carboxylic acids is 1. The Morgan fingerprint density at radius 2 is 1.95 bits per heavy atom. The molecular weight excluding hydrogens is 314 g/mol. The molecule has 1 aliphatic rings. The van der Waals surface area contributed by atoms with Gasteiger partial charge in [0.2, 0.25) is 5.91 Å². The lowest BCUT2D eigenvalue weighted by Gasteiger charge is -2.19. The Morgan fingerprint density at radius 1 is 1.23 bits per heavy atom. The van der Waals surface area contributed by atoms with Crippen molar-refractivity contribution in [3.05, 3.63) is 29.8 Å². The second kappa shape index (κ2) is 9.58. The van der Waals surface area contributed by atoms with Crippen LogP contribution in [0.4, 0.5) is 8.78 Å². The number of carbonyl (C=O) groups is 1. The normalized spacial score (nSPS) is 15.1. The summed E-state index contributed by atoms with van der Waals surface area (Å²) in [6, 6.07) is 6.44. The highest BCUT2D eigenvalue weighted by Gasteiger charge is 2.14. The number of rotatable bonds is 5. The minimum Gasteiger partial charge on any atom is -0.435 e. The summed E-state index contributed by atoms with van der Waals surface area (Å²) < 4.78 is 28.4. The van der Waals surface area contributed by atoms with Crippen LogP contribution in [0.2, 0.25) is 0 Å². The molecule has 7 heteroatoms. The van der Waals surface area contributed by atoms with Crippen molar-refractivity contribution in [2.24, 2.45) is 0 Å². The van der Waals surface area contributed by atoms with Gasteiger partial charge in [0, 0.05) is 26.1 Å². The number of nitrogens with zero attached hydrogens (tertiary/aromatic N) is 1. The molecule has 2 rings (SSSR count). The van der Waals surface area contributed by atoms with Crippen molar-refractivity contribution >= 4 is 18.3 Å². The van der Waals surface area contributed by atoms with E-state index in [9.17, 15) is 13.6 Å². The number of halogens is 3. The first-order valence-electron chi connectivity index (χ1n) is 7.17. The van der Waals surface area contributed by atoms with Gasteiger partial charge in [-0.25, -0.2) is 0 Å². The van der Waals surface area contributed by atoms with Crippen molar-refractivity contribution in [3.8, 4) is 5.75 Å². The number of hydrogen-bond donors (Lipinski definition) is 1. The second-order valence-corrected chi connectivity index (χ2v) is 5.01. The Hall–Kier alpha value is -1.40. The van der Waals surface area contributed by atoms with Gasteiger partial charge < -0.3 is 15.0 Å². The van der Waals surface area contributed by atoms with Gasteiger partial charge in [-0.1, -0.05) is 12.1 Å². The molecule has 0 radical (unpaired) electrons.